The third kappa shape index (κ3) is 2.79. The number of hydrogen-bond donors (Lipinski definition) is 1. The van der Waals surface area contributed by atoms with E-state index in [4.69, 9.17) is 10.5 Å². The highest BCUT2D eigenvalue weighted by Gasteiger charge is 2.39. The SMILES string of the molecule is CC1(C)COCCN1S(=O)(=O)c1ccc(N)c(Br)c1. The molecule has 0 bridgehead atoms. The van der Waals surface area contributed by atoms with Gasteiger partial charge in [0.1, 0.15) is 0 Å². The summed E-state index contributed by atoms with van der Waals surface area (Å²) in [6, 6.07) is 4.65. The van der Waals surface area contributed by atoms with Gasteiger partial charge in [-0.2, -0.15) is 4.31 Å². The standard InChI is InChI=1S/C12H17BrN2O3S/c1-12(2)8-18-6-5-15(12)19(16,17)9-3-4-11(14)10(13)7-9/h3-4,7H,5-6,8,14H2,1-2H3. The van der Waals surface area contributed by atoms with E-state index in [0.29, 0.717) is 29.9 Å². The van der Waals surface area contributed by atoms with Gasteiger partial charge < -0.3 is 10.5 Å². The molecular formula is C12H17BrN2O3S. The van der Waals surface area contributed by atoms with Crippen LogP contribution in [0.3, 0.4) is 0 Å². The third-order valence-corrected chi connectivity index (χ3v) is 5.92. The second kappa shape index (κ2) is 5.05. The van der Waals surface area contributed by atoms with E-state index in [9.17, 15) is 8.42 Å². The Morgan fingerprint density at radius 1 is 1.42 bits per heavy atom. The summed E-state index contributed by atoms with van der Waals surface area (Å²) >= 11 is 3.26. The number of nitrogens with two attached hydrogens (primary N) is 1. The predicted molar refractivity (Wildman–Crippen MR) is 77.3 cm³/mol. The molecule has 1 aliphatic heterocycles. The highest BCUT2D eigenvalue weighted by atomic mass is 79.9. The molecule has 0 atom stereocenters. The Hall–Kier alpha value is -0.630. The van der Waals surface area contributed by atoms with Gasteiger partial charge in [0.05, 0.1) is 23.6 Å². The zero-order valence-electron chi connectivity index (χ0n) is 10.9. The summed E-state index contributed by atoms with van der Waals surface area (Å²) in [5.41, 5.74) is 5.65. The molecule has 5 nitrogen and oxygen atoms in total. The molecule has 0 saturated carbocycles. The first kappa shape index (κ1) is 14.8. The first-order valence-corrected chi connectivity index (χ1v) is 8.14. The normalized spacial score (nSPS) is 20.4. The lowest BCUT2D eigenvalue weighted by Gasteiger charge is -2.40. The van der Waals surface area contributed by atoms with Crippen LogP contribution in [0.5, 0.6) is 0 Å². The van der Waals surface area contributed by atoms with Gasteiger partial charge in [0.25, 0.3) is 0 Å². The van der Waals surface area contributed by atoms with Gasteiger partial charge in [-0.1, -0.05) is 0 Å². The molecule has 19 heavy (non-hydrogen) atoms. The molecule has 2 rings (SSSR count). The van der Waals surface area contributed by atoms with E-state index < -0.39 is 15.6 Å². The van der Waals surface area contributed by atoms with Crippen LogP contribution >= 0.6 is 15.9 Å². The van der Waals surface area contributed by atoms with Gasteiger partial charge in [-0.15, -0.1) is 0 Å². The number of ether oxygens (including phenoxy) is 1. The second-order valence-electron chi connectivity index (χ2n) is 5.13. The molecule has 1 aromatic rings. The minimum absolute atomic E-state index is 0.239. The maximum absolute atomic E-state index is 12.7. The van der Waals surface area contributed by atoms with Crippen molar-refractivity contribution < 1.29 is 13.2 Å². The zero-order valence-corrected chi connectivity index (χ0v) is 13.3. The summed E-state index contributed by atoms with van der Waals surface area (Å²) in [5.74, 6) is 0. The van der Waals surface area contributed by atoms with Crippen LogP contribution in [-0.2, 0) is 14.8 Å². The third-order valence-electron chi connectivity index (χ3n) is 3.13. The van der Waals surface area contributed by atoms with E-state index in [2.05, 4.69) is 15.9 Å². The molecule has 1 fully saturated rings. The number of nitrogens with zero attached hydrogens (tertiary/aromatic N) is 1. The summed E-state index contributed by atoms with van der Waals surface area (Å²) < 4.78 is 32.8. The molecule has 2 N–H and O–H groups in total. The average molecular weight is 349 g/mol. The first-order chi connectivity index (χ1) is 8.75. The number of rotatable bonds is 2. The van der Waals surface area contributed by atoms with E-state index in [0.717, 1.165) is 0 Å². The predicted octanol–water partition coefficient (Wildman–Crippen LogP) is 1.83. The van der Waals surface area contributed by atoms with E-state index in [1.807, 2.05) is 13.8 Å². The van der Waals surface area contributed by atoms with E-state index in [-0.39, 0.29) is 4.90 Å². The van der Waals surface area contributed by atoms with Crippen LogP contribution in [0.2, 0.25) is 0 Å². The van der Waals surface area contributed by atoms with Crippen molar-refractivity contribution in [3.05, 3.63) is 22.7 Å². The lowest BCUT2D eigenvalue weighted by atomic mass is 10.1. The molecule has 0 amide bonds. The van der Waals surface area contributed by atoms with Crippen molar-refractivity contribution >= 4 is 31.6 Å². The van der Waals surface area contributed by atoms with Crippen molar-refractivity contribution in [3.63, 3.8) is 0 Å². The monoisotopic (exact) mass is 348 g/mol. The molecule has 0 spiro atoms. The van der Waals surface area contributed by atoms with Gasteiger partial charge in [0.15, 0.2) is 0 Å². The molecular weight excluding hydrogens is 332 g/mol. The molecule has 0 radical (unpaired) electrons. The summed E-state index contributed by atoms with van der Waals surface area (Å²) in [4.78, 5) is 0.239. The largest absolute Gasteiger partial charge is 0.398 e. The van der Waals surface area contributed by atoms with Gasteiger partial charge >= 0.3 is 0 Å². The van der Waals surface area contributed by atoms with Crippen LogP contribution in [0.1, 0.15) is 13.8 Å². The molecule has 1 aromatic carbocycles. The number of sulfonamides is 1. The Morgan fingerprint density at radius 2 is 2.11 bits per heavy atom. The fraction of sp³-hybridized carbons (Fsp3) is 0.500. The zero-order chi connectivity index (χ0) is 14.3. The highest BCUT2D eigenvalue weighted by Crippen LogP contribution is 2.30. The highest BCUT2D eigenvalue weighted by molar-refractivity contribution is 9.10. The maximum atomic E-state index is 12.7. The van der Waals surface area contributed by atoms with E-state index in [1.54, 1.807) is 6.07 Å². The number of benzene rings is 1. The number of anilines is 1. The van der Waals surface area contributed by atoms with Crippen molar-refractivity contribution in [1.82, 2.24) is 4.31 Å². The van der Waals surface area contributed by atoms with Gasteiger partial charge in [-0.3, -0.25) is 0 Å². The Labute approximate surface area is 121 Å². The quantitative estimate of drug-likeness (QED) is 0.827. The van der Waals surface area contributed by atoms with Gasteiger partial charge in [0, 0.05) is 16.7 Å². The summed E-state index contributed by atoms with van der Waals surface area (Å²) in [6.45, 7) is 4.88. The smallest absolute Gasteiger partial charge is 0.243 e. The van der Waals surface area contributed by atoms with Crippen LogP contribution in [-0.4, -0.2) is 38.0 Å². The lowest BCUT2D eigenvalue weighted by molar-refractivity contribution is -0.00770. The topological polar surface area (TPSA) is 72.6 Å². The van der Waals surface area contributed by atoms with Crippen molar-refractivity contribution in [2.75, 3.05) is 25.5 Å². The number of nitrogen functional groups attached to an aromatic ring is 1. The summed E-state index contributed by atoms with van der Waals surface area (Å²) in [7, 11) is -3.54. The Kier molecular flexibility index (Phi) is 3.92. The Balaban J connectivity index is 2.44. The molecule has 1 saturated heterocycles. The van der Waals surface area contributed by atoms with Crippen molar-refractivity contribution in [2.45, 2.75) is 24.3 Å². The van der Waals surface area contributed by atoms with Gasteiger partial charge in [-0.05, 0) is 48.0 Å². The molecule has 0 aliphatic carbocycles. The van der Waals surface area contributed by atoms with Crippen molar-refractivity contribution in [1.29, 1.82) is 0 Å². The van der Waals surface area contributed by atoms with Gasteiger partial charge in [0.2, 0.25) is 10.0 Å². The Bertz CT molecular complexity index is 587. The fourth-order valence-electron chi connectivity index (χ4n) is 2.09. The molecule has 1 aliphatic rings. The maximum Gasteiger partial charge on any atom is 0.243 e. The van der Waals surface area contributed by atoms with Crippen molar-refractivity contribution in [3.8, 4) is 0 Å². The number of morpholine rings is 1. The minimum Gasteiger partial charge on any atom is -0.398 e. The molecule has 0 unspecified atom stereocenters. The summed E-state index contributed by atoms with van der Waals surface area (Å²) in [6.07, 6.45) is 0. The van der Waals surface area contributed by atoms with Crippen LogP contribution in [0.25, 0.3) is 0 Å². The molecule has 0 aromatic heterocycles. The number of hydrogen-bond acceptors (Lipinski definition) is 4. The van der Waals surface area contributed by atoms with Crippen molar-refractivity contribution in [2.24, 2.45) is 0 Å². The Morgan fingerprint density at radius 3 is 2.68 bits per heavy atom. The molecule has 106 valence electrons. The van der Waals surface area contributed by atoms with E-state index >= 15 is 0 Å². The van der Waals surface area contributed by atoms with E-state index in [1.165, 1.54) is 16.4 Å². The minimum atomic E-state index is -3.54. The molecule has 1 heterocycles. The average Bonchev–Trinajstić information content (AvgIpc) is 2.31. The van der Waals surface area contributed by atoms with Crippen LogP contribution in [0.15, 0.2) is 27.6 Å². The summed E-state index contributed by atoms with van der Waals surface area (Å²) in [5, 5.41) is 0. The van der Waals surface area contributed by atoms with Crippen LogP contribution in [0.4, 0.5) is 5.69 Å². The fourth-order valence-corrected chi connectivity index (χ4v) is 4.39. The molecule has 7 heteroatoms. The van der Waals surface area contributed by atoms with Crippen LogP contribution < -0.4 is 5.73 Å². The van der Waals surface area contributed by atoms with Crippen LogP contribution in [0, 0.1) is 0 Å². The number of halogens is 1. The first-order valence-electron chi connectivity index (χ1n) is 5.91. The lowest BCUT2D eigenvalue weighted by Crippen LogP contribution is -2.55. The van der Waals surface area contributed by atoms with Gasteiger partial charge in [-0.25, -0.2) is 8.42 Å². The second-order valence-corrected chi connectivity index (χ2v) is 7.84.